The molecule has 0 bridgehead atoms. The first-order chi connectivity index (χ1) is 11.9. The Hall–Kier alpha value is -1.55. The van der Waals surface area contributed by atoms with Crippen LogP contribution >= 0.6 is 0 Å². The maximum Gasteiger partial charge on any atom is 0.252 e. The molecule has 1 aromatic carbocycles. The number of hydrogen-bond donors (Lipinski definition) is 2. The Balaban J connectivity index is 1.69. The molecule has 1 saturated carbocycles. The first-order valence-corrected chi connectivity index (χ1v) is 9.64. The fourth-order valence-electron chi connectivity index (χ4n) is 4.63. The number of ether oxygens (including phenoxy) is 1. The van der Waals surface area contributed by atoms with Crippen molar-refractivity contribution < 1.29 is 14.6 Å². The molecule has 1 heterocycles. The van der Waals surface area contributed by atoms with E-state index in [0.717, 1.165) is 30.6 Å². The van der Waals surface area contributed by atoms with Gasteiger partial charge in [0, 0.05) is 12.5 Å². The summed E-state index contributed by atoms with van der Waals surface area (Å²) >= 11 is 0. The molecular formula is C21H31NO3. The summed E-state index contributed by atoms with van der Waals surface area (Å²) in [6, 6.07) is 8.03. The molecule has 3 unspecified atom stereocenters. The molecule has 1 aliphatic carbocycles. The van der Waals surface area contributed by atoms with Crippen LogP contribution in [0.3, 0.4) is 0 Å². The molecule has 0 saturated heterocycles. The second-order valence-electron chi connectivity index (χ2n) is 8.24. The number of rotatable bonds is 4. The van der Waals surface area contributed by atoms with E-state index in [-0.39, 0.29) is 17.7 Å². The van der Waals surface area contributed by atoms with Gasteiger partial charge in [0.25, 0.3) is 5.91 Å². The summed E-state index contributed by atoms with van der Waals surface area (Å²) in [4.78, 5) is 12.9. The van der Waals surface area contributed by atoms with Crippen LogP contribution < -0.4 is 10.1 Å². The predicted molar refractivity (Wildman–Crippen MR) is 98.6 cm³/mol. The van der Waals surface area contributed by atoms with Crippen molar-refractivity contribution in [3.05, 3.63) is 29.8 Å². The minimum absolute atomic E-state index is 0.0330. The summed E-state index contributed by atoms with van der Waals surface area (Å²) < 4.78 is 5.70. The standard InChI is InChI=1S/C21H31NO3/c1-14(2)18-9-8-15(3)12-21(18,24)20(23)22-13-16-10-11-25-19-7-5-4-6-17(16)19/h4-7,14-16,18,24H,8-13H2,1-3H3,(H,22,23)/t15?,16?,18?,21-/m1/s1. The minimum Gasteiger partial charge on any atom is -0.493 e. The van der Waals surface area contributed by atoms with E-state index in [1.165, 1.54) is 0 Å². The van der Waals surface area contributed by atoms with Crippen LogP contribution in [0.25, 0.3) is 0 Å². The van der Waals surface area contributed by atoms with E-state index in [9.17, 15) is 9.90 Å². The van der Waals surface area contributed by atoms with Crippen LogP contribution in [0.5, 0.6) is 5.75 Å². The Kier molecular flexibility index (Phi) is 5.38. The fraction of sp³-hybridized carbons (Fsp3) is 0.667. The lowest BCUT2D eigenvalue weighted by molar-refractivity contribution is -0.155. The number of amides is 1. The number of para-hydroxylation sites is 1. The van der Waals surface area contributed by atoms with Crippen LogP contribution in [0.2, 0.25) is 0 Å². The lowest BCUT2D eigenvalue weighted by Gasteiger charge is -2.43. The molecule has 0 radical (unpaired) electrons. The molecule has 4 nitrogen and oxygen atoms in total. The first-order valence-electron chi connectivity index (χ1n) is 9.64. The van der Waals surface area contributed by atoms with Gasteiger partial charge in [0.1, 0.15) is 11.4 Å². The van der Waals surface area contributed by atoms with Gasteiger partial charge in [0.05, 0.1) is 6.61 Å². The van der Waals surface area contributed by atoms with Crippen molar-refractivity contribution in [2.75, 3.05) is 13.2 Å². The number of hydrogen-bond acceptors (Lipinski definition) is 3. The van der Waals surface area contributed by atoms with Crippen molar-refractivity contribution in [3.63, 3.8) is 0 Å². The summed E-state index contributed by atoms with van der Waals surface area (Å²) in [5.41, 5.74) is -0.0882. The molecule has 138 valence electrons. The van der Waals surface area contributed by atoms with Gasteiger partial charge in [0.2, 0.25) is 0 Å². The van der Waals surface area contributed by atoms with Crippen molar-refractivity contribution in [2.45, 2.75) is 58.0 Å². The van der Waals surface area contributed by atoms with E-state index < -0.39 is 5.60 Å². The average Bonchev–Trinajstić information content (AvgIpc) is 2.59. The van der Waals surface area contributed by atoms with Gasteiger partial charge in [-0.2, -0.15) is 0 Å². The summed E-state index contributed by atoms with van der Waals surface area (Å²) in [5, 5.41) is 14.3. The predicted octanol–water partition coefficient (Wildman–Crippen LogP) is 3.49. The number of fused-ring (bicyclic) bond motifs is 1. The SMILES string of the molecule is CC1CCC(C(C)C)[C@@](O)(C(=O)NCC2CCOc3ccccc32)C1. The molecule has 1 fully saturated rings. The second-order valence-corrected chi connectivity index (χ2v) is 8.24. The average molecular weight is 345 g/mol. The summed E-state index contributed by atoms with van der Waals surface area (Å²) in [5.74, 6) is 1.68. The number of carbonyl (C=O) groups is 1. The topological polar surface area (TPSA) is 58.6 Å². The van der Waals surface area contributed by atoms with Gasteiger partial charge in [-0.15, -0.1) is 0 Å². The number of benzene rings is 1. The fourth-order valence-corrected chi connectivity index (χ4v) is 4.63. The highest BCUT2D eigenvalue weighted by Gasteiger charge is 2.48. The van der Waals surface area contributed by atoms with Crippen molar-refractivity contribution in [2.24, 2.45) is 17.8 Å². The smallest absolute Gasteiger partial charge is 0.252 e. The molecule has 1 amide bonds. The van der Waals surface area contributed by atoms with Gasteiger partial charge in [0.15, 0.2) is 0 Å². The summed E-state index contributed by atoms with van der Waals surface area (Å²) in [7, 11) is 0. The van der Waals surface area contributed by atoms with Gasteiger partial charge >= 0.3 is 0 Å². The molecule has 0 aromatic heterocycles. The zero-order chi connectivity index (χ0) is 18.0. The van der Waals surface area contributed by atoms with E-state index in [4.69, 9.17) is 4.74 Å². The first kappa shape index (κ1) is 18.2. The van der Waals surface area contributed by atoms with Crippen molar-refractivity contribution in [1.29, 1.82) is 0 Å². The van der Waals surface area contributed by atoms with Crippen LogP contribution in [-0.4, -0.2) is 29.8 Å². The molecule has 1 aromatic rings. The Labute approximate surface area is 151 Å². The van der Waals surface area contributed by atoms with E-state index in [2.05, 4.69) is 32.2 Å². The summed E-state index contributed by atoms with van der Waals surface area (Å²) in [6.45, 7) is 7.57. The van der Waals surface area contributed by atoms with Gasteiger partial charge in [-0.3, -0.25) is 4.79 Å². The molecule has 2 N–H and O–H groups in total. The molecule has 4 heteroatoms. The molecule has 25 heavy (non-hydrogen) atoms. The zero-order valence-corrected chi connectivity index (χ0v) is 15.6. The Morgan fingerprint density at radius 3 is 2.84 bits per heavy atom. The van der Waals surface area contributed by atoms with Gasteiger partial charge < -0.3 is 15.2 Å². The second kappa shape index (κ2) is 7.36. The van der Waals surface area contributed by atoms with Crippen molar-refractivity contribution in [3.8, 4) is 5.75 Å². The highest BCUT2D eigenvalue weighted by molar-refractivity contribution is 5.85. The van der Waals surface area contributed by atoms with Crippen molar-refractivity contribution in [1.82, 2.24) is 5.32 Å². The third kappa shape index (κ3) is 3.69. The third-order valence-corrected chi connectivity index (χ3v) is 6.03. The van der Waals surface area contributed by atoms with E-state index in [1.807, 2.05) is 18.2 Å². The van der Waals surface area contributed by atoms with Gasteiger partial charge in [-0.25, -0.2) is 0 Å². The van der Waals surface area contributed by atoms with Crippen LogP contribution in [-0.2, 0) is 4.79 Å². The highest BCUT2D eigenvalue weighted by atomic mass is 16.5. The van der Waals surface area contributed by atoms with E-state index >= 15 is 0 Å². The van der Waals surface area contributed by atoms with Crippen LogP contribution in [0.4, 0.5) is 0 Å². The zero-order valence-electron chi connectivity index (χ0n) is 15.6. The number of carbonyl (C=O) groups excluding carboxylic acids is 1. The number of nitrogens with one attached hydrogen (secondary N) is 1. The molecular weight excluding hydrogens is 314 g/mol. The molecule has 4 atom stereocenters. The van der Waals surface area contributed by atoms with Crippen LogP contribution in [0, 0.1) is 17.8 Å². The maximum absolute atomic E-state index is 12.9. The lowest BCUT2D eigenvalue weighted by atomic mass is 9.66. The highest BCUT2D eigenvalue weighted by Crippen LogP contribution is 2.41. The van der Waals surface area contributed by atoms with E-state index in [0.29, 0.717) is 31.4 Å². The van der Waals surface area contributed by atoms with E-state index in [1.54, 1.807) is 0 Å². The Morgan fingerprint density at radius 2 is 2.08 bits per heavy atom. The van der Waals surface area contributed by atoms with Crippen LogP contribution in [0.15, 0.2) is 24.3 Å². The molecule has 0 spiro atoms. The Bertz CT molecular complexity index is 615. The van der Waals surface area contributed by atoms with Crippen molar-refractivity contribution >= 4 is 5.91 Å². The van der Waals surface area contributed by atoms with Gasteiger partial charge in [-0.1, -0.05) is 45.4 Å². The molecule has 1 aliphatic heterocycles. The number of aliphatic hydroxyl groups is 1. The Morgan fingerprint density at radius 1 is 1.32 bits per heavy atom. The lowest BCUT2D eigenvalue weighted by Crippen LogP contribution is -2.56. The summed E-state index contributed by atoms with van der Waals surface area (Å²) in [6.07, 6.45) is 3.46. The minimum atomic E-state index is -1.24. The normalized spacial score (nSPS) is 32.0. The monoisotopic (exact) mass is 345 g/mol. The quantitative estimate of drug-likeness (QED) is 0.878. The van der Waals surface area contributed by atoms with Gasteiger partial charge in [-0.05, 0) is 48.6 Å². The molecule has 2 aliphatic rings. The molecule has 3 rings (SSSR count). The van der Waals surface area contributed by atoms with Crippen LogP contribution in [0.1, 0.15) is 57.9 Å². The third-order valence-electron chi connectivity index (χ3n) is 6.03. The largest absolute Gasteiger partial charge is 0.493 e. The maximum atomic E-state index is 12.9.